The van der Waals surface area contributed by atoms with Crippen molar-refractivity contribution < 1.29 is 4.39 Å². The van der Waals surface area contributed by atoms with Gasteiger partial charge < -0.3 is 0 Å². The number of benzene rings is 1. The second kappa shape index (κ2) is 13.3. The van der Waals surface area contributed by atoms with Gasteiger partial charge in [0.2, 0.25) is 0 Å². The van der Waals surface area contributed by atoms with Crippen molar-refractivity contribution in [1.29, 1.82) is 0 Å². The Kier molecular flexibility index (Phi) is 10.2. The van der Waals surface area contributed by atoms with Crippen molar-refractivity contribution in [2.24, 2.45) is 29.6 Å². The second-order valence-electron chi connectivity index (χ2n) is 12.2. The smallest absolute Gasteiger partial charge is 0.123 e. The van der Waals surface area contributed by atoms with E-state index in [9.17, 15) is 4.39 Å². The van der Waals surface area contributed by atoms with Crippen LogP contribution < -0.4 is 0 Å². The van der Waals surface area contributed by atoms with Gasteiger partial charge in [0.25, 0.3) is 0 Å². The quantitative estimate of drug-likeness (QED) is 0.187. The lowest BCUT2D eigenvalue weighted by atomic mass is 9.64. The molecule has 3 fully saturated rings. The van der Waals surface area contributed by atoms with Crippen LogP contribution in [-0.2, 0) is 0 Å². The van der Waals surface area contributed by atoms with Gasteiger partial charge in [-0.1, -0.05) is 69.3 Å². The maximum atomic E-state index is 13.3. The molecular formula is C32H49FSi. The summed E-state index contributed by atoms with van der Waals surface area (Å²) in [6.45, 7) is 2.34. The van der Waals surface area contributed by atoms with E-state index >= 15 is 0 Å². The normalized spacial score (nSPS) is 33.2. The molecule has 188 valence electrons. The number of rotatable bonds is 9. The Morgan fingerprint density at radius 2 is 1.44 bits per heavy atom. The third-order valence-electron chi connectivity index (χ3n) is 10.3. The summed E-state index contributed by atoms with van der Waals surface area (Å²) >= 11 is 0. The monoisotopic (exact) mass is 480 g/mol. The van der Waals surface area contributed by atoms with E-state index in [0.29, 0.717) is 5.92 Å². The van der Waals surface area contributed by atoms with Gasteiger partial charge in [0.05, 0.1) is 0 Å². The van der Waals surface area contributed by atoms with Gasteiger partial charge in [0.1, 0.15) is 5.82 Å². The Morgan fingerprint density at radius 1 is 0.853 bits per heavy atom. The zero-order chi connectivity index (χ0) is 23.8. The molecule has 1 saturated heterocycles. The van der Waals surface area contributed by atoms with E-state index in [4.69, 9.17) is 6.42 Å². The highest BCUT2D eigenvalue weighted by Crippen LogP contribution is 2.48. The highest BCUT2D eigenvalue weighted by Gasteiger charge is 2.37. The van der Waals surface area contributed by atoms with Crippen LogP contribution in [0.3, 0.4) is 0 Å². The molecule has 1 atom stereocenters. The van der Waals surface area contributed by atoms with E-state index in [1.165, 1.54) is 76.2 Å². The molecule has 1 unspecified atom stereocenters. The van der Waals surface area contributed by atoms with Crippen molar-refractivity contribution >= 4 is 8.80 Å². The van der Waals surface area contributed by atoms with Gasteiger partial charge >= 0.3 is 0 Å². The number of halogens is 1. The maximum Gasteiger partial charge on any atom is 0.123 e. The standard InChI is InChI=1S/C32H49FSi/c1-3-5-6-22-34-23-20-28(21-24-34)26-10-14-30(15-11-26)32(7-4-2)29-12-8-25(9-13-29)27-16-18-31(33)19-17-27/h2,16-19,25-26,28-30,32,34H,3,5-15,20-24H2,1H3. The summed E-state index contributed by atoms with van der Waals surface area (Å²) in [7, 11) is -0.380. The maximum absolute atomic E-state index is 13.3. The van der Waals surface area contributed by atoms with Crippen molar-refractivity contribution in [2.75, 3.05) is 0 Å². The molecule has 2 aliphatic carbocycles. The third-order valence-corrected chi connectivity index (χ3v) is 13.8. The molecule has 34 heavy (non-hydrogen) atoms. The molecule has 0 radical (unpaired) electrons. The first-order chi connectivity index (χ1) is 16.7. The molecule has 2 heteroatoms. The van der Waals surface area contributed by atoms with Crippen LogP contribution in [0, 0.1) is 47.8 Å². The van der Waals surface area contributed by atoms with E-state index in [2.05, 4.69) is 12.8 Å². The first-order valence-corrected chi connectivity index (χ1v) is 17.3. The van der Waals surface area contributed by atoms with Gasteiger partial charge in [-0.15, -0.1) is 12.3 Å². The van der Waals surface area contributed by atoms with Crippen molar-refractivity contribution in [3.63, 3.8) is 0 Å². The number of unbranched alkanes of at least 4 members (excludes halogenated alkanes) is 2. The summed E-state index contributed by atoms with van der Waals surface area (Å²) in [4.78, 5) is 0. The first-order valence-electron chi connectivity index (χ1n) is 14.9. The van der Waals surface area contributed by atoms with Crippen LogP contribution in [0.25, 0.3) is 0 Å². The van der Waals surface area contributed by atoms with Crippen molar-refractivity contribution in [2.45, 2.75) is 121 Å². The lowest BCUT2D eigenvalue weighted by Gasteiger charge is -2.42. The van der Waals surface area contributed by atoms with Gasteiger partial charge in [-0.2, -0.15) is 0 Å². The summed E-state index contributed by atoms with van der Waals surface area (Å²) in [6, 6.07) is 12.2. The van der Waals surface area contributed by atoms with Crippen LogP contribution in [0.4, 0.5) is 4.39 Å². The lowest BCUT2D eigenvalue weighted by molar-refractivity contribution is 0.105. The zero-order valence-corrected chi connectivity index (χ0v) is 23.0. The Morgan fingerprint density at radius 3 is 2.03 bits per heavy atom. The van der Waals surface area contributed by atoms with Crippen LogP contribution in [0.5, 0.6) is 0 Å². The highest BCUT2D eigenvalue weighted by atomic mass is 28.3. The summed E-state index contributed by atoms with van der Waals surface area (Å²) < 4.78 is 13.3. The third kappa shape index (κ3) is 6.99. The molecule has 0 bridgehead atoms. The van der Waals surface area contributed by atoms with Crippen LogP contribution in [0.1, 0.15) is 108 Å². The van der Waals surface area contributed by atoms with Gasteiger partial charge in [0, 0.05) is 15.2 Å². The molecule has 1 aromatic rings. The van der Waals surface area contributed by atoms with E-state index in [1.807, 2.05) is 12.1 Å². The van der Waals surface area contributed by atoms with E-state index < -0.39 is 0 Å². The van der Waals surface area contributed by atoms with Gasteiger partial charge in [-0.3, -0.25) is 0 Å². The average molecular weight is 481 g/mol. The summed E-state index contributed by atoms with van der Waals surface area (Å²) in [5.41, 5.74) is 1.33. The molecule has 1 heterocycles. The first kappa shape index (κ1) is 26.0. The largest absolute Gasteiger partial charge is 0.207 e. The van der Waals surface area contributed by atoms with E-state index in [-0.39, 0.29) is 14.6 Å². The van der Waals surface area contributed by atoms with Crippen LogP contribution in [-0.4, -0.2) is 8.80 Å². The lowest BCUT2D eigenvalue weighted by Crippen LogP contribution is -2.33. The molecule has 0 aromatic heterocycles. The van der Waals surface area contributed by atoms with Crippen molar-refractivity contribution in [1.82, 2.24) is 0 Å². The van der Waals surface area contributed by atoms with E-state index in [0.717, 1.165) is 36.0 Å². The fraction of sp³-hybridized carbons (Fsp3) is 0.750. The number of terminal acetylenes is 1. The topological polar surface area (TPSA) is 0 Å². The molecule has 2 saturated carbocycles. The predicted octanol–water partition coefficient (Wildman–Crippen LogP) is 9.37. The Labute approximate surface area is 211 Å². The Hall–Kier alpha value is -1.07. The van der Waals surface area contributed by atoms with Crippen LogP contribution in [0.2, 0.25) is 18.1 Å². The fourth-order valence-corrected chi connectivity index (χ4v) is 11.7. The number of hydrogen-bond acceptors (Lipinski definition) is 0. The van der Waals surface area contributed by atoms with Crippen LogP contribution in [0.15, 0.2) is 24.3 Å². The molecule has 1 aliphatic heterocycles. The molecule has 0 nitrogen and oxygen atoms in total. The molecule has 3 aliphatic rings. The predicted molar refractivity (Wildman–Crippen MR) is 147 cm³/mol. The molecule has 0 amide bonds. The molecule has 0 N–H and O–H groups in total. The Balaban J connectivity index is 1.22. The molecule has 1 aromatic carbocycles. The highest BCUT2D eigenvalue weighted by molar-refractivity contribution is 6.58. The van der Waals surface area contributed by atoms with Gasteiger partial charge in [-0.25, -0.2) is 4.39 Å². The minimum Gasteiger partial charge on any atom is -0.207 e. The van der Waals surface area contributed by atoms with E-state index in [1.54, 1.807) is 43.1 Å². The Bertz CT molecular complexity index is 740. The van der Waals surface area contributed by atoms with Gasteiger partial charge in [-0.05, 0) is 105 Å². The van der Waals surface area contributed by atoms with Gasteiger partial charge in [0.15, 0.2) is 0 Å². The summed E-state index contributed by atoms with van der Waals surface area (Å²) in [5, 5.41) is 0. The summed E-state index contributed by atoms with van der Waals surface area (Å²) in [6.07, 6.45) is 25.3. The summed E-state index contributed by atoms with van der Waals surface area (Å²) in [5.74, 6) is 8.03. The minimum atomic E-state index is -0.380. The van der Waals surface area contributed by atoms with Crippen molar-refractivity contribution in [3.8, 4) is 12.3 Å². The average Bonchev–Trinajstić information content (AvgIpc) is 2.89. The van der Waals surface area contributed by atoms with Crippen LogP contribution >= 0.6 is 0 Å². The fourth-order valence-electron chi connectivity index (χ4n) is 8.15. The molecule has 0 spiro atoms. The second-order valence-corrected chi connectivity index (χ2v) is 15.7. The van der Waals surface area contributed by atoms with Crippen molar-refractivity contribution in [3.05, 3.63) is 35.6 Å². The number of hydrogen-bond donors (Lipinski definition) is 0. The minimum absolute atomic E-state index is 0.121. The molecule has 4 rings (SSSR count). The SMILES string of the molecule is C#CCC(C1CCC(c2ccc(F)cc2)CC1)C1CCC(C2CC[SiH](CCCCC)CC2)CC1. The molecular weight excluding hydrogens is 431 g/mol. The zero-order valence-electron chi connectivity index (χ0n) is 21.8.